The molecular formula is C24H22N4O3S. The molecule has 0 atom stereocenters. The summed E-state index contributed by atoms with van der Waals surface area (Å²) in [5.74, 6) is 0.0738. The fraction of sp³-hybridized carbons (Fsp3) is 0.167. The van der Waals surface area contributed by atoms with Crippen LogP contribution in [-0.4, -0.2) is 33.2 Å². The number of hydrogen-bond acceptors (Lipinski definition) is 5. The normalized spacial score (nSPS) is 10.8. The summed E-state index contributed by atoms with van der Waals surface area (Å²) in [6, 6.07) is 18.5. The topological polar surface area (TPSA) is 95.2 Å². The van der Waals surface area contributed by atoms with Crippen molar-refractivity contribution in [1.82, 2.24) is 20.2 Å². The van der Waals surface area contributed by atoms with Crippen LogP contribution in [0.25, 0.3) is 10.9 Å². The lowest BCUT2D eigenvalue weighted by atomic mass is 10.2. The summed E-state index contributed by atoms with van der Waals surface area (Å²) in [5.41, 5.74) is 1.90. The Hall–Kier alpha value is -3.78. The van der Waals surface area contributed by atoms with E-state index in [4.69, 9.17) is 0 Å². The van der Waals surface area contributed by atoms with Crippen molar-refractivity contribution < 1.29 is 9.59 Å². The van der Waals surface area contributed by atoms with Gasteiger partial charge in [0.05, 0.1) is 17.4 Å². The highest BCUT2D eigenvalue weighted by Crippen LogP contribution is 2.12. The Bertz CT molecular complexity index is 1270. The lowest BCUT2D eigenvalue weighted by molar-refractivity contribution is -0.132. The number of nitrogens with one attached hydrogen (secondary N) is 2. The highest BCUT2D eigenvalue weighted by molar-refractivity contribution is 7.08. The number of aromatic nitrogens is 2. The zero-order chi connectivity index (χ0) is 22.3. The average molecular weight is 447 g/mol. The summed E-state index contributed by atoms with van der Waals surface area (Å²) < 4.78 is 0. The molecule has 162 valence electrons. The Morgan fingerprint density at radius 2 is 1.78 bits per heavy atom. The first kappa shape index (κ1) is 21.5. The predicted octanol–water partition coefficient (Wildman–Crippen LogP) is 3.33. The number of rotatable bonds is 8. The van der Waals surface area contributed by atoms with E-state index in [0.29, 0.717) is 28.8 Å². The third-order valence-electron chi connectivity index (χ3n) is 4.98. The molecule has 0 saturated carbocycles. The van der Waals surface area contributed by atoms with Crippen LogP contribution >= 0.6 is 11.3 Å². The van der Waals surface area contributed by atoms with Crippen LogP contribution in [0.1, 0.15) is 28.2 Å². The van der Waals surface area contributed by atoms with Crippen LogP contribution in [0.5, 0.6) is 0 Å². The van der Waals surface area contributed by atoms with Gasteiger partial charge >= 0.3 is 0 Å². The van der Waals surface area contributed by atoms with Gasteiger partial charge in [-0.1, -0.05) is 42.5 Å². The van der Waals surface area contributed by atoms with Crippen LogP contribution in [0.2, 0.25) is 0 Å². The molecule has 2 aromatic carbocycles. The van der Waals surface area contributed by atoms with Crippen molar-refractivity contribution in [3.8, 4) is 0 Å². The number of thiophene rings is 1. The molecule has 0 saturated heterocycles. The number of para-hydroxylation sites is 1. The number of amides is 2. The lowest BCUT2D eigenvalue weighted by Crippen LogP contribution is -2.34. The summed E-state index contributed by atoms with van der Waals surface area (Å²) >= 11 is 1.44. The van der Waals surface area contributed by atoms with Gasteiger partial charge < -0.3 is 15.2 Å². The first-order valence-electron chi connectivity index (χ1n) is 10.2. The maximum absolute atomic E-state index is 13.0. The Kier molecular flexibility index (Phi) is 6.72. The average Bonchev–Trinajstić information content (AvgIpc) is 3.34. The second-order valence-corrected chi connectivity index (χ2v) is 8.06. The predicted molar refractivity (Wildman–Crippen MR) is 124 cm³/mol. The number of hydrogen-bond donors (Lipinski definition) is 2. The van der Waals surface area contributed by atoms with Gasteiger partial charge in [0.2, 0.25) is 5.91 Å². The molecule has 0 aliphatic heterocycles. The minimum absolute atomic E-state index is 0.139. The number of nitrogens with zero attached hydrogens (tertiary/aromatic N) is 2. The van der Waals surface area contributed by atoms with Gasteiger partial charge in [-0.15, -0.1) is 0 Å². The molecule has 2 heterocycles. The van der Waals surface area contributed by atoms with Crippen molar-refractivity contribution in [1.29, 1.82) is 0 Å². The summed E-state index contributed by atoms with van der Waals surface area (Å²) in [5, 5.41) is 6.88. The number of H-pyrrole nitrogens is 1. The van der Waals surface area contributed by atoms with E-state index in [2.05, 4.69) is 15.3 Å². The fourth-order valence-corrected chi connectivity index (χ4v) is 4.00. The fourth-order valence-electron chi connectivity index (χ4n) is 3.36. The second kappa shape index (κ2) is 10.0. The van der Waals surface area contributed by atoms with Crippen molar-refractivity contribution in [3.63, 3.8) is 0 Å². The third-order valence-corrected chi connectivity index (χ3v) is 5.66. The lowest BCUT2D eigenvalue weighted by Gasteiger charge is -2.23. The smallest absolute Gasteiger partial charge is 0.258 e. The molecule has 4 rings (SSSR count). The summed E-state index contributed by atoms with van der Waals surface area (Å²) in [6.07, 6.45) is 0.139. The van der Waals surface area contributed by atoms with Gasteiger partial charge in [-0.05, 0) is 29.1 Å². The number of aromatic amines is 1. The van der Waals surface area contributed by atoms with Gasteiger partial charge in [0, 0.05) is 30.5 Å². The number of carbonyl (C=O) groups excluding carboxylic acids is 2. The molecular weight excluding hydrogens is 424 g/mol. The molecule has 0 unspecified atom stereocenters. The molecule has 32 heavy (non-hydrogen) atoms. The van der Waals surface area contributed by atoms with Gasteiger partial charge in [0.1, 0.15) is 5.82 Å². The molecule has 7 nitrogen and oxygen atoms in total. The van der Waals surface area contributed by atoms with Gasteiger partial charge in [-0.25, -0.2) is 4.98 Å². The van der Waals surface area contributed by atoms with Gasteiger partial charge in [0.25, 0.3) is 11.5 Å². The zero-order valence-electron chi connectivity index (χ0n) is 17.3. The van der Waals surface area contributed by atoms with Crippen LogP contribution in [0.4, 0.5) is 0 Å². The quantitative estimate of drug-likeness (QED) is 0.434. The second-order valence-electron chi connectivity index (χ2n) is 7.28. The number of fused-ring (bicyclic) bond motifs is 1. The van der Waals surface area contributed by atoms with Crippen LogP contribution in [0, 0.1) is 0 Å². The van der Waals surface area contributed by atoms with Gasteiger partial charge in [-0.3, -0.25) is 14.4 Å². The molecule has 2 amide bonds. The highest BCUT2D eigenvalue weighted by atomic mass is 32.1. The van der Waals surface area contributed by atoms with E-state index in [1.54, 1.807) is 34.5 Å². The Morgan fingerprint density at radius 3 is 2.56 bits per heavy atom. The van der Waals surface area contributed by atoms with E-state index in [1.807, 2.05) is 41.8 Å². The van der Waals surface area contributed by atoms with E-state index >= 15 is 0 Å². The Labute approximate surface area is 188 Å². The van der Waals surface area contributed by atoms with Crippen LogP contribution in [-0.2, 0) is 17.9 Å². The van der Waals surface area contributed by atoms with E-state index < -0.39 is 0 Å². The summed E-state index contributed by atoms with van der Waals surface area (Å²) in [7, 11) is 0. The molecule has 0 aliphatic rings. The van der Waals surface area contributed by atoms with Crippen molar-refractivity contribution in [2.24, 2.45) is 0 Å². The van der Waals surface area contributed by atoms with Crippen LogP contribution in [0.3, 0.4) is 0 Å². The SMILES string of the molecule is O=C(NCCC(=O)N(Cc1ccccc1)Cc1nc2ccccc2c(=O)[nH]1)c1ccsc1. The van der Waals surface area contributed by atoms with Crippen molar-refractivity contribution in [2.75, 3.05) is 6.54 Å². The van der Waals surface area contributed by atoms with Crippen molar-refractivity contribution in [3.05, 3.63) is 98.7 Å². The molecule has 0 spiro atoms. The monoisotopic (exact) mass is 446 g/mol. The number of benzene rings is 2. The zero-order valence-corrected chi connectivity index (χ0v) is 18.1. The van der Waals surface area contributed by atoms with Crippen LogP contribution < -0.4 is 10.9 Å². The van der Waals surface area contributed by atoms with Crippen molar-refractivity contribution in [2.45, 2.75) is 19.5 Å². The van der Waals surface area contributed by atoms with E-state index in [-0.39, 0.29) is 36.9 Å². The molecule has 8 heteroatoms. The van der Waals surface area contributed by atoms with Crippen LogP contribution in [0.15, 0.2) is 76.2 Å². The Morgan fingerprint density at radius 1 is 1.00 bits per heavy atom. The summed E-state index contributed by atoms with van der Waals surface area (Å²) in [6.45, 7) is 0.751. The Balaban J connectivity index is 1.48. The van der Waals surface area contributed by atoms with Gasteiger partial charge in [0.15, 0.2) is 0 Å². The number of carbonyl (C=O) groups is 2. The maximum atomic E-state index is 13.0. The molecule has 0 fully saturated rings. The maximum Gasteiger partial charge on any atom is 0.258 e. The first-order valence-corrected chi connectivity index (χ1v) is 11.1. The minimum Gasteiger partial charge on any atom is -0.351 e. The van der Waals surface area contributed by atoms with E-state index in [9.17, 15) is 14.4 Å². The highest BCUT2D eigenvalue weighted by Gasteiger charge is 2.17. The molecule has 0 radical (unpaired) electrons. The molecule has 2 aromatic heterocycles. The largest absolute Gasteiger partial charge is 0.351 e. The molecule has 0 aliphatic carbocycles. The minimum atomic E-state index is -0.235. The molecule has 0 bridgehead atoms. The first-order chi connectivity index (χ1) is 15.6. The van der Waals surface area contributed by atoms with E-state index in [1.165, 1.54) is 11.3 Å². The third kappa shape index (κ3) is 5.28. The van der Waals surface area contributed by atoms with E-state index in [0.717, 1.165) is 5.56 Å². The molecule has 2 N–H and O–H groups in total. The van der Waals surface area contributed by atoms with Gasteiger partial charge in [-0.2, -0.15) is 11.3 Å². The summed E-state index contributed by atoms with van der Waals surface area (Å²) in [4.78, 5) is 46.5. The van der Waals surface area contributed by atoms with Crippen molar-refractivity contribution >= 4 is 34.1 Å². The molecule has 4 aromatic rings. The standard InChI is InChI=1S/C24H22N4O3S/c29-22(10-12-25-23(30)18-11-13-32-16-18)28(14-17-6-2-1-3-7-17)15-21-26-20-9-5-4-8-19(20)24(31)27-21/h1-9,11,13,16H,10,12,14-15H2,(H,25,30)(H,26,27,31).